The maximum absolute atomic E-state index is 12.7. The van der Waals surface area contributed by atoms with Crippen LogP contribution in [0.1, 0.15) is 13.3 Å². The van der Waals surface area contributed by atoms with Gasteiger partial charge in [0.05, 0.1) is 11.0 Å². The normalized spacial score (nSPS) is 13.1. The Kier molecular flexibility index (Phi) is 6.51. The maximum Gasteiger partial charge on any atom is 0.289 e. The summed E-state index contributed by atoms with van der Waals surface area (Å²) in [5, 5.41) is 11.0. The van der Waals surface area contributed by atoms with Gasteiger partial charge < -0.3 is 0 Å². The highest BCUT2D eigenvalue weighted by Crippen LogP contribution is 2.27. The van der Waals surface area contributed by atoms with Gasteiger partial charge in [0.2, 0.25) is 10.0 Å². The molecule has 0 bridgehead atoms. The number of nitrogens with zero attached hydrogens (tertiary/aromatic N) is 2. The van der Waals surface area contributed by atoms with Crippen LogP contribution in [0.25, 0.3) is 0 Å². The molecule has 1 rings (SSSR count). The van der Waals surface area contributed by atoms with Crippen molar-refractivity contribution in [1.82, 2.24) is 4.31 Å². The minimum absolute atomic E-state index is 0.196. The third-order valence-corrected chi connectivity index (χ3v) is 5.77. The number of thioether (sulfide) groups is 1. The highest BCUT2D eigenvalue weighted by Gasteiger charge is 2.35. The van der Waals surface area contributed by atoms with E-state index in [1.54, 1.807) is 13.2 Å². The summed E-state index contributed by atoms with van der Waals surface area (Å²) in [7, 11) is -2.86. The van der Waals surface area contributed by atoms with Crippen LogP contribution < -0.4 is 0 Å². The molecule has 0 heterocycles. The first-order chi connectivity index (χ1) is 10.3. The number of nitro benzene ring substituents is 1. The minimum Gasteiger partial charge on any atom is -0.298 e. The molecule has 1 aromatic carbocycles. The van der Waals surface area contributed by atoms with Gasteiger partial charge in [-0.1, -0.05) is 19.1 Å². The number of nitro groups is 1. The molecule has 122 valence electrons. The van der Waals surface area contributed by atoms with Gasteiger partial charge in [-0.25, -0.2) is 8.42 Å². The molecule has 0 unspecified atom stereocenters. The van der Waals surface area contributed by atoms with Gasteiger partial charge in [0.25, 0.3) is 5.69 Å². The van der Waals surface area contributed by atoms with Gasteiger partial charge in [-0.2, -0.15) is 16.1 Å². The number of carbonyl (C=O) groups is 1. The predicted molar refractivity (Wildman–Crippen MR) is 85.5 cm³/mol. The van der Waals surface area contributed by atoms with Crippen LogP contribution in [-0.4, -0.2) is 48.5 Å². The first kappa shape index (κ1) is 18.6. The molecular formula is C13H18N2O5S2. The van der Waals surface area contributed by atoms with Crippen molar-refractivity contribution in [2.45, 2.75) is 24.3 Å². The van der Waals surface area contributed by atoms with Crippen molar-refractivity contribution >= 4 is 33.3 Å². The van der Waals surface area contributed by atoms with Gasteiger partial charge in [-0.15, -0.1) is 0 Å². The molecule has 0 radical (unpaired) electrons. The van der Waals surface area contributed by atoms with Crippen molar-refractivity contribution in [3.8, 4) is 0 Å². The van der Waals surface area contributed by atoms with E-state index in [9.17, 15) is 23.3 Å². The van der Waals surface area contributed by atoms with E-state index in [-0.39, 0.29) is 12.2 Å². The summed E-state index contributed by atoms with van der Waals surface area (Å²) in [4.78, 5) is 21.9. The molecule has 9 heteroatoms. The van der Waals surface area contributed by atoms with E-state index in [2.05, 4.69) is 0 Å². The fraction of sp³-hybridized carbons (Fsp3) is 0.462. The number of hydrogen-bond acceptors (Lipinski definition) is 6. The Morgan fingerprint density at radius 1 is 1.41 bits per heavy atom. The SMILES string of the molecule is CCC(=O)[C@H](CSC)N(C)S(=O)(=O)c1ccccc1[N+](=O)[O-]. The van der Waals surface area contributed by atoms with E-state index >= 15 is 0 Å². The van der Waals surface area contributed by atoms with Crippen molar-refractivity contribution in [3.63, 3.8) is 0 Å². The Morgan fingerprint density at radius 2 is 2.00 bits per heavy atom. The monoisotopic (exact) mass is 346 g/mol. The van der Waals surface area contributed by atoms with Gasteiger partial charge in [-0.05, 0) is 12.3 Å². The molecule has 1 atom stereocenters. The van der Waals surface area contributed by atoms with Gasteiger partial charge in [-0.3, -0.25) is 14.9 Å². The molecule has 0 amide bonds. The van der Waals surface area contributed by atoms with Gasteiger partial charge in [0.1, 0.15) is 0 Å². The summed E-state index contributed by atoms with van der Waals surface area (Å²) in [6.45, 7) is 1.65. The van der Waals surface area contributed by atoms with Crippen molar-refractivity contribution < 1.29 is 18.1 Å². The number of hydrogen-bond donors (Lipinski definition) is 0. The maximum atomic E-state index is 12.7. The predicted octanol–water partition coefficient (Wildman–Crippen LogP) is 1.93. The molecular weight excluding hydrogens is 328 g/mol. The Morgan fingerprint density at radius 3 is 2.50 bits per heavy atom. The zero-order valence-corrected chi connectivity index (χ0v) is 14.2. The zero-order chi connectivity index (χ0) is 16.9. The van der Waals surface area contributed by atoms with Crippen molar-refractivity contribution in [3.05, 3.63) is 34.4 Å². The summed E-state index contributed by atoms with van der Waals surface area (Å²) < 4.78 is 26.2. The van der Waals surface area contributed by atoms with E-state index in [0.717, 1.165) is 10.4 Å². The molecule has 0 saturated heterocycles. The van der Waals surface area contributed by atoms with E-state index in [1.165, 1.54) is 37.0 Å². The van der Waals surface area contributed by atoms with Gasteiger partial charge in [0, 0.05) is 25.3 Å². The second kappa shape index (κ2) is 7.70. The Labute approximate surface area is 133 Å². The van der Waals surface area contributed by atoms with Crippen LogP contribution in [0.4, 0.5) is 5.69 Å². The molecule has 0 spiro atoms. The van der Waals surface area contributed by atoms with E-state index in [1.807, 2.05) is 0 Å². The third-order valence-electron chi connectivity index (χ3n) is 3.20. The number of benzene rings is 1. The van der Waals surface area contributed by atoms with E-state index in [4.69, 9.17) is 0 Å². The molecule has 22 heavy (non-hydrogen) atoms. The number of carbonyl (C=O) groups excluding carboxylic acids is 1. The number of rotatable bonds is 8. The first-order valence-electron chi connectivity index (χ1n) is 6.50. The lowest BCUT2D eigenvalue weighted by Gasteiger charge is -2.25. The number of para-hydroxylation sites is 1. The standard InChI is InChI=1S/C13H18N2O5S2/c1-4-12(16)11(9-21-3)14(2)22(19,20)13-8-6-5-7-10(13)15(17)18/h5-8,11H,4,9H2,1-3H3/t11-/m0/s1. The highest BCUT2D eigenvalue weighted by atomic mass is 32.2. The summed E-state index contributed by atoms with van der Waals surface area (Å²) in [5.74, 6) is 0.0715. The van der Waals surface area contributed by atoms with Crippen molar-refractivity contribution in [2.75, 3.05) is 19.1 Å². The zero-order valence-electron chi connectivity index (χ0n) is 12.6. The number of sulfonamides is 1. The summed E-state index contributed by atoms with van der Waals surface area (Å²) >= 11 is 1.34. The molecule has 0 N–H and O–H groups in total. The fourth-order valence-corrected chi connectivity index (χ4v) is 4.26. The Hall–Kier alpha value is -1.45. The lowest BCUT2D eigenvalue weighted by Crippen LogP contribution is -2.44. The summed E-state index contributed by atoms with van der Waals surface area (Å²) in [6, 6.07) is 4.28. The molecule has 0 aliphatic carbocycles. The van der Waals surface area contributed by atoms with Crippen molar-refractivity contribution in [1.29, 1.82) is 0 Å². The second-order valence-corrected chi connectivity index (χ2v) is 7.41. The Bertz CT molecular complexity index is 660. The van der Waals surface area contributed by atoms with Crippen molar-refractivity contribution in [2.24, 2.45) is 0 Å². The van der Waals surface area contributed by atoms with Crippen LogP contribution >= 0.6 is 11.8 Å². The van der Waals surface area contributed by atoms with Crippen LogP contribution in [0, 0.1) is 10.1 Å². The average molecular weight is 346 g/mol. The topological polar surface area (TPSA) is 97.6 Å². The molecule has 0 fully saturated rings. The van der Waals surface area contributed by atoms with Crippen LogP contribution in [0.2, 0.25) is 0 Å². The van der Waals surface area contributed by atoms with E-state index < -0.39 is 31.6 Å². The molecule has 0 aliphatic heterocycles. The van der Waals surface area contributed by atoms with Gasteiger partial charge in [0.15, 0.2) is 10.7 Å². The Balaban J connectivity index is 3.33. The summed E-state index contributed by atoms with van der Waals surface area (Å²) in [6.07, 6.45) is 1.96. The molecule has 0 aromatic heterocycles. The average Bonchev–Trinajstić information content (AvgIpc) is 2.51. The van der Waals surface area contributed by atoms with Crippen LogP contribution in [-0.2, 0) is 14.8 Å². The first-order valence-corrected chi connectivity index (χ1v) is 9.33. The minimum atomic E-state index is -4.13. The fourth-order valence-electron chi connectivity index (χ4n) is 1.94. The van der Waals surface area contributed by atoms with Crippen LogP contribution in [0.15, 0.2) is 29.2 Å². The lowest BCUT2D eigenvalue weighted by molar-refractivity contribution is -0.387. The highest BCUT2D eigenvalue weighted by molar-refractivity contribution is 7.98. The number of ketones is 1. The quantitative estimate of drug-likeness (QED) is 0.527. The molecule has 0 aliphatic rings. The lowest BCUT2D eigenvalue weighted by atomic mass is 10.2. The number of Topliss-reactive ketones (excluding diaryl/α,β-unsaturated/α-hetero) is 1. The molecule has 7 nitrogen and oxygen atoms in total. The third kappa shape index (κ3) is 3.84. The van der Waals surface area contributed by atoms with Crippen LogP contribution in [0.5, 0.6) is 0 Å². The molecule has 1 aromatic rings. The van der Waals surface area contributed by atoms with E-state index in [0.29, 0.717) is 5.75 Å². The molecule has 0 saturated carbocycles. The second-order valence-electron chi connectivity index (χ2n) is 4.54. The summed E-state index contributed by atoms with van der Waals surface area (Å²) in [5.41, 5.74) is -0.499. The number of likely N-dealkylation sites (N-methyl/N-ethyl adjacent to an activating group) is 1. The van der Waals surface area contributed by atoms with Gasteiger partial charge >= 0.3 is 0 Å². The smallest absolute Gasteiger partial charge is 0.289 e. The van der Waals surface area contributed by atoms with Crippen LogP contribution in [0.3, 0.4) is 0 Å². The largest absolute Gasteiger partial charge is 0.298 e.